The Kier molecular flexibility index (Phi) is 7.35. The first-order chi connectivity index (χ1) is 13.2. The van der Waals surface area contributed by atoms with Crippen molar-refractivity contribution in [1.29, 1.82) is 0 Å². The number of rotatable bonds is 9. The van der Waals surface area contributed by atoms with Gasteiger partial charge in [0.25, 0.3) is 0 Å². The second-order valence-corrected chi connectivity index (χ2v) is 7.31. The van der Waals surface area contributed by atoms with Crippen molar-refractivity contribution in [1.82, 2.24) is 5.32 Å². The van der Waals surface area contributed by atoms with E-state index in [1.165, 1.54) is 42.4 Å². The minimum Gasteiger partial charge on any atom is -0.488 e. The van der Waals surface area contributed by atoms with Crippen molar-refractivity contribution in [3.8, 4) is 11.5 Å². The molecule has 0 unspecified atom stereocenters. The van der Waals surface area contributed by atoms with E-state index in [9.17, 15) is 0 Å². The summed E-state index contributed by atoms with van der Waals surface area (Å²) in [4.78, 5) is 0. The van der Waals surface area contributed by atoms with E-state index in [1.54, 1.807) is 0 Å². The fourth-order valence-electron chi connectivity index (χ4n) is 3.37. The largest absolute Gasteiger partial charge is 0.488 e. The van der Waals surface area contributed by atoms with Crippen molar-refractivity contribution in [2.75, 3.05) is 13.2 Å². The van der Waals surface area contributed by atoms with Gasteiger partial charge in [-0.05, 0) is 68.4 Å². The summed E-state index contributed by atoms with van der Waals surface area (Å²) in [6.45, 7) is 6.31. The summed E-state index contributed by atoms with van der Waals surface area (Å²) >= 11 is 0. The van der Waals surface area contributed by atoms with Crippen molar-refractivity contribution in [3.63, 3.8) is 0 Å². The SMILES string of the molecule is CC(C)Oc1ccccc1OCCNCc1cccc(C2=CCCCC2)c1. The van der Waals surface area contributed by atoms with Gasteiger partial charge in [-0.2, -0.15) is 0 Å². The van der Waals surface area contributed by atoms with Crippen molar-refractivity contribution in [2.24, 2.45) is 0 Å². The zero-order chi connectivity index (χ0) is 18.9. The van der Waals surface area contributed by atoms with E-state index < -0.39 is 0 Å². The van der Waals surface area contributed by atoms with E-state index in [2.05, 4.69) is 35.7 Å². The summed E-state index contributed by atoms with van der Waals surface area (Å²) in [5.74, 6) is 1.61. The van der Waals surface area contributed by atoms with E-state index in [1.807, 2.05) is 38.1 Å². The second kappa shape index (κ2) is 10.2. The molecule has 0 aromatic heterocycles. The number of ether oxygens (including phenoxy) is 2. The molecule has 0 atom stereocenters. The van der Waals surface area contributed by atoms with Crippen LogP contribution in [0.25, 0.3) is 5.57 Å². The minimum atomic E-state index is 0.138. The molecule has 0 spiro atoms. The maximum atomic E-state index is 5.90. The molecule has 0 bridgehead atoms. The molecule has 3 heteroatoms. The van der Waals surface area contributed by atoms with E-state index in [0.717, 1.165) is 24.6 Å². The Balaban J connectivity index is 1.45. The van der Waals surface area contributed by atoms with Crippen LogP contribution < -0.4 is 14.8 Å². The van der Waals surface area contributed by atoms with Crippen LogP contribution >= 0.6 is 0 Å². The van der Waals surface area contributed by atoms with Crippen LogP contribution in [0.2, 0.25) is 0 Å². The molecule has 0 fully saturated rings. The average Bonchev–Trinajstić information content (AvgIpc) is 2.69. The summed E-state index contributed by atoms with van der Waals surface area (Å²) < 4.78 is 11.7. The summed E-state index contributed by atoms with van der Waals surface area (Å²) in [7, 11) is 0. The van der Waals surface area contributed by atoms with Crippen LogP contribution in [0, 0.1) is 0 Å². The van der Waals surface area contributed by atoms with Gasteiger partial charge in [0.2, 0.25) is 0 Å². The smallest absolute Gasteiger partial charge is 0.161 e. The molecule has 0 saturated heterocycles. The van der Waals surface area contributed by atoms with Gasteiger partial charge >= 0.3 is 0 Å². The fourth-order valence-corrected chi connectivity index (χ4v) is 3.37. The third-order valence-corrected chi connectivity index (χ3v) is 4.67. The maximum Gasteiger partial charge on any atom is 0.161 e. The first kappa shape index (κ1) is 19.5. The Morgan fingerprint density at radius 1 is 1.00 bits per heavy atom. The highest BCUT2D eigenvalue weighted by atomic mass is 16.5. The number of hydrogen-bond donors (Lipinski definition) is 1. The molecule has 144 valence electrons. The lowest BCUT2D eigenvalue weighted by Gasteiger charge is -2.15. The van der Waals surface area contributed by atoms with Crippen molar-refractivity contribution < 1.29 is 9.47 Å². The summed E-state index contributed by atoms with van der Waals surface area (Å²) in [5.41, 5.74) is 4.21. The average molecular weight is 366 g/mol. The van der Waals surface area contributed by atoms with Crippen molar-refractivity contribution in [3.05, 3.63) is 65.7 Å². The van der Waals surface area contributed by atoms with E-state index in [4.69, 9.17) is 9.47 Å². The van der Waals surface area contributed by atoms with Crippen LogP contribution in [-0.2, 0) is 6.54 Å². The van der Waals surface area contributed by atoms with Crippen LogP contribution in [-0.4, -0.2) is 19.3 Å². The molecule has 3 nitrogen and oxygen atoms in total. The van der Waals surface area contributed by atoms with Gasteiger partial charge in [-0.15, -0.1) is 0 Å². The number of para-hydroxylation sites is 2. The predicted molar refractivity (Wildman–Crippen MR) is 112 cm³/mol. The van der Waals surface area contributed by atoms with Gasteiger partial charge in [0.05, 0.1) is 6.10 Å². The quantitative estimate of drug-likeness (QED) is 0.587. The molecule has 0 radical (unpaired) electrons. The number of benzene rings is 2. The molecule has 0 aliphatic heterocycles. The summed E-state index contributed by atoms with van der Waals surface area (Å²) in [6, 6.07) is 16.8. The van der Waals surface area contributed by atoms with E-state index >= 15 is 0 Å². The van der Waals surface area contributed by atoms with Gasteiger partial charge in [-0.1, -0.05) is 42.5 Å². The Hall–Kier alpha value is -2.26. The molecule has 1 aliphatic carbocycles. The molecule has 0 amide bonds. The Bertz CT molecular complexity index is 752. The van der Waals surface area contributed by atoms with Crippen molar-refractivity contribution in [2.45, 2.75) is 52.2 Å². The lowest BCUT2D eigenvalue weighted by molar-refractivity contribution is 0.221. The maximum absolute atomic E-state index is 5.90. The molecular formula is C24H31NO2. The molecule has 1 N–H and O–H groups in total. The van der Waals surface area contributed by atoms with Gasteiger partial charge < -0.3 is 14.8 Å². The van der Waals surface area contributed by atoms with Gasteiger partial charge in [-0.25, -0.2) is 0 Å². The Morgan fingerprint density at radius 2 is 1.85 bits per heavy atom. The van der Waals surface area contributed by atoms with Gasteiger partial charge in [0, 0.05) is 13.1 Å². The fraction of sp³-hybridized carbons (Fsp3) is 0.417. The third-order valence-electron chi connectivity index (χ3n) is 4.67. The zero-order valence-corrected chi connectivity index (χ0v) is 16.5. The van der Waals surface area contributed by atoms with Crippen LogP contribution in [0.4, 0.5) is 0 Å². The van der Waals surface area contributed by atoms with Crippen LogP contribution in [0.15, 0.2) is 54.6 Å². The topological polar surface area (TPSA) is 30.5 Å². The Morgan fingerprint density at radius 3 is 2.63 bits per heavy atom. The molecule has 2 aromatic rings. The molecule has 0 saturated carbocycles. The predicted octanol–water partition coefficient (Wildman–Crippen LogP) is 5.60. The highest BCUT2D eigenvalue weighted by Crippen LogP contribution is 2.28. The normalized spacial score (nSPS) is 14.1. The Labute approximate surface area is 163 Å². The standard InChI is InChI=1S/C24H31NO2/c1-19(2)27-24-14-7-6-13-23(24)26-16-15-25-18-20-9-8-12-22(17-20)21-10-4-3-5-11-21/h6-10,12-14,17,19,25H,3-5,11,15-16,18H2,1-2H3. The lowest BCUT2D eigenvalue weighted by Crippen LogP contribution is -2.21. The van der Waals surface area contributed by atoms with Gasteiger partial charge in [-0.3, -0.25) is 0 Å². The lowest BCUT2D eigenvalue weighted by atomic mass is 9.93. The third kappa shape index (κ3) is 6.14. The second-order valence-electron chi connectivity index (χ2n) is 7.31. The van der Waals surface area contributed by atoms with Gasteiger partial charge in [0.15, 0.2) is 11.5 Å². The first-order valence-electron chi connectivity index (χ1n) is 10.1. The molecule has 2 aromatic carbocycles. The molecule has 0 heterocycles. The zero-order valence-electron chi connectivity index (χ0n) is 16.5. The summed E-state index contributed by atoms with van der Waals surface area (Å²) in [6.07, 6.45) is 7.61. The number of hydrogen-bond acceptors (Lipinski definition) is 3. The van der Waals surface area contributed by atoms with Crippen molar-refractivity contribution >= 4 is 5.57 Å². The van der Waals surface area contributed by atoms with Crippen LogP contribution in [0.3, 0.4) is 0 Å². The van der Waals surface area contributed by atoms with E-state index in [-0.39, 0.29) is 6.10 Å². The van der Waals surface area contributed by atoms with Gasteiger partial charge in [0.1, 0.15) is 6.61 Å². The van der Waals surface area contributed by atoms with E-state index in [0.29, 0.717) is 6.61 Å². The van der Waals surface area contributed by atoms with Crippen LogP contribution in [0.5, 0.6) is 11.5 Å². The minimum absolute atomic E-state index is 0.138. The highest BCUT2D eigenvalue weighted by Gasteiger charge is 2.07. The number of allylic oxidation sites excluding steroid dienone is 2. The monoisotopic (exact) mass is 365 g/mol. The first-order valence-corrected chi connectivity index (χ1v) is 10.1. The number of nitrogens with one attached hydrogen (secondary N) is 1. The summed E-state index contributed by atoms with van der Waals surface area (Å²) in [5, 5.41) is 3.48. The highest BCUT2D eigenvalue weighted by molar-refractivity contribution is 5.66. The molecule has 3 rings (SSSR count). The molecule has 27 heavy (non-hydrogen) atoms. The molecule has 1 aliphatic rings. The molecular weight excluding hydrogens is 334 g/mol. The van der Waals surface area contributed by atoms with Crippen LogP contribution in [0.1, 0.15) is 50.7 Å².